The highest BCUT2D eigenvalue weighted by molar-refractivity contribution is 5.81. The highest BCUT2D eigenvalue weighted by Crippen LogP contribution is 2.50. The summed E-state index contributed by atoms with van der Waals surface area (Å²) in [5, 5.41) is 0. The lowest BCUT2D eigenvalue weighted by Gasteiger charge is -2.42. The maximum atomic E-state index is 2.51. The Morgan fingerprint density at radius 3 is 2.38 bits per heavy atom. The normalized spacial score (nSPS) is 18.0. The molecule has 0 atom stereocenters. The minimum atomic E-state index is 0.619. The molecule has 24 heavy (non-hydrogen) atoms. The second kappa shape index (κ2) is 5.92. The van der Waals surface area contributed by atoms with Gasteiger partial charge in [-0.05, 0) is 67.2 Å². The minimum absolute atomic E-state index is 0.619. The molecule has 0 spiro atoms. The van der Waals surface area contributed by atoms with Crippen molar-refractivity contribution in [2.75, 3.05) is 0 Å². The zero-order valence-corrected chi connectivity index (χ0v) is 15.3. The maximum Gasteiger partial charge on any atom is -0.00574 e. The largest absolute Gasteiger partial charge is 0.0648 e. The lowest BCUT2D eigenvalue weighted by Crippen LogP contribution is -2.28. The van der Waals surface area contributed by atoms with Gasteiger partial charge < -0.3 is 0 Å². The molecule has 0 bridgehead atoms. The Bertz CT molecular complexity index is 777. The average Bonchev–Trinajstić information content (AvgIpc) is 2.92. The molecule has 2 aromatic rings. The molecule has 2 aliphatic carbocycles. The first-order chi connectivity index (χ1) is 11.6. The molecule has 0 nitrogen and oxygen atoms in total. The molecular formula is C24H28. The molecule has 0 heterocycles. The smallest absolute Gasteiger partial charge is 0.00574 e. The number of fused-ring (bicyclic) bond motifs is 1. The second-order valence-corrected chi connectivity index (χ2v) is 8.12. The van der Waals surface area contributed by atoms with E-state index in [4.69, 9.17) is 0 Å². The van der Waals surface area contributed by atoms with E-state index in [-0.39, 0.29) is 0 Å². The highest BCUT2D eigenvalue weighted by Gasteiger charge is 2.36. The average molecular weight is 316 g/mol. The van der Waals surface area contributed by atoms with E-state index in [1.807, 2.05) is 0 Å². The van der Waals surface area contributed by atoms with Crippen LogP contribution in [-0.4, -0.2) is 0 Å². The summed E-state index contributed by atoms with van der Waals surface area (Å²) in [6.07, 6.45) is 10.6. The maximum absolute atomic E-state index is 2.51. The molecule has 0 saturated heterocycles. The van der Waals surface area contributed by atoms with Gasteiger partial charge in [0.25, 0.3) is 0 Å². The van der Waals surface area contributed by atoms with Crippen LogP contribution in [0.25, 0.3) is 17.2 Å². The van der Waals surface area contributed by atoms with Crippen LogP contribution in [0.1, 0.15) is 61.3 Å². The summed E-state index contributed by atoms with van der Waals surface area (Å²) in [6.45, 7) is 6.77. The van der Waals surface area contributed by atoms with Gasteiger partial charge in [-0.15, -0.1) is 0 Å². The van der Waals surface area contributed by atoms with Crippen LogP contribution >= 0.6 is 0 Å². The number of aryl methyl sites for hydroxylation is 2. The van der Waals surface area contributed by atoms with Gasteiger partial charge in [-0.3, -0.25) is 0 Å². The van der Waals surface area contributed by atoms with E-state index in [0.717, 1.165) is 6.42 Å². The number of hydrogen-bond acceptors (Lipinski definition) is 0. The van der Waals surface area contributed by atoms with Crippen molar-refractivity contribution in [3.05, 3.63) is 64.2 Å². The Labute approximate surface area is 146 Å². The predicted octanol–water partition coefficient (Wildman–Crippen LogP) is 6.88. The quantitative estimate of drug-likeness (QED) is 0.576. The van der Waals surface area contributed by atoms with E-state index in [0.29, 0.717) is 5.41 Å². The first-order valence-corrected chi connectivity index (χ1v) is 9.49. The van der Waals surface area contributed by atoms with Crippen LogP contribution < -0.4 is 0 Å². The Hall–Kier alpha value is -1.82. The third-order valence-corrected chi connectivity index (χ3v) is 6.26. The molecule has 0 unspecified atom stereocenters. The molecule has 2 aromatic carbocycles. The van der Waals surface area contributed by atoms with Crippen LogP contribution in [0.2, 0.25) is 0 Å². The van der Waals surface area contributed by atoms with Gasteiger partial charge in [0.05, 0.1) is 0 Å². The van der Waals surface area contributed by atoms with Gasteiger partial charge in [0.1, 0.15) is 0 Å². The molecule has 1 fully saturated rings. The summed E-state index contributed by atoms with van der Waals surface area (Å²) < 4.78 is 0. The van der Waals surface area contributed by atoms with E-state index in [9.17, 15) is 0 Å². The lowest BCUT2D eigenvalue weighted by atomic mass is 9.63. The first-order valence-electron chi connectivity index (χ1n) is 9.49. The first kappa shape index (κ1) is 15.7. The van der Waals surface area contributed by atoms with Crippen LogP contribution in [0.5, 0.6) is 0 Å². The zero-order valence-electron chi connectivity index (χ0n) is 15.3. The SMILES string of the molecule is CCC1(CC2=Cc3c(cccc3-c3cc(C)cc(C)c3)C2)CCC1. The van der Waals surface area contributed by atoms with E-state index < -0.39 is 0 Å². The van der Waals surface area contributed by atoms with Crippen LogP contribution in [0.4, 0.5) is 0 Å². The molecule has 0 radical (unpaired) electrons. The number of rotatable bonds is 4. The summed E-state index contributed by atoms with van der Waals surface area (Å²) in [6, 6.07) is 13.8. The molecule has 0 aromatic heterocycles. The Kier molecular flexibility index (Phi) is 3.87. The summed E-state index contributed by atoms with van der Waals surface area (Å²) in [5.74, 6) is 0. The fourth-order valence-electron chi connectivity index (χ4n) is 4.75. The Morgan fingerprint density at radius 2 is 1.75 bits per heavy atom. The summed E-state index contributed by atoms with van der Waals surface area (Å²) in [4.78, 5) is 0. The van der Waals surface area contributed by atoms with Crippen molar-refractivity contribution in [3.8, 4) is 11.1 Å². The molecule has 4 rings (SSSR count). The molecule has 0 amide bonds. The van der Waals surface area contributed by atoms with Crippen molar-refractivity contribution in [1.29, 1.82) is 0 Å². The molecule has 0 N–H and O–H groups in total. The van der Waals surface area contributed by atoms with Crippen LogP contribution in [-0.2, 0) is 6.42 Å². The molecular weight excluding hydrogens is 288 g/mol. The second-order valence-electron chi connectivity index (χ2n) is 8.12. The molecule has 124 valence electrons. The summed E-state index contributed by atoms with van der Waals surface area (Å²) >= 11 is 0. The van der Waals surface area contributed by atoms with Gasteiger partial charge in [-0.1, -0.05) is 78.9 Å². The highest BCUT2D eigenvalue weighted by atomic mass is 14.4. The minimum Gasteiger partial charge on any atom is -0.0648 e. The van der Waals surface area contributed by atoms with Crippen molar-refractivity contribution in [3.63, 3.8) is 0 Å². The Balaban J connectivity index is 1.70. The Morgan fingerprint density at radius 1 is 1.00 bits per heavy atom. The van der Waals surface area contributed by atoms with Crippen LogP contribution in [0.3, 0.4) is 0 Å². The van der Waals surface area contributed by atoms with E-state index >= 15 is 0 Å². The van der Waals surface area contributed by atoms with Gasteiger partial charge in [0, 0.05) is 0 Å². The predicted molar refractivity (Wildman–Crippen MR) is 104 cm³/mol. The third-order valence-electron chi connectivity index (χ3n) is 6.26. The summed E-state index contributed by atoms with van der Waals surface area (Å²) in [5.41, 5.74) is 10.8. The number of hydrogen-bond donors (Lipinski definition) is 0. The van der Waals surface area contributed by atoms with E-state index in [2.05, 4.69) is 63.2 Å². The topological polar surface area (TPSA) is 0 Å². The van der Waals surface area contributed by atoms with Gasteiger partial charge in [0.2, 0.25) is 0 Å². The van der Waals surface area contributed by atoms with Gasteiger partial charge in [-0.2, -0.15) is 0 Å². The van der Waals surface area contributed by atoms with E-state index in [1.165, 1.54) is 65.5 Å². The molecule has 0 aliphatic heterocycles. The van der Waals surface area contributed by atoms with Gasteiger partial charge in [-0.25, -0.2) is 0 Å². The van der Waals surface area contributed by atoms with Crippen LogP contribution in [0.15, 0.2) is 42.0 Å². The van der Waals surface area contributed by atoms with Gasteiger partial charge in [0.15, 0.2) is 0 Å². The van der Waals surface area contributed by atoms with E-state index in [1.54, 1.807) is 5.57 Å². The summed E-state index contributed by atoms with van der Waals surface area (Å²) in [7, 11) is 0. The van der Waals surface area contributed by atoms with Crippen molar-refractivity contribution in [2.24, 2.45) is 5.41 Å². The van der Waals surface area contributed by atoms with Crippen molar-refractivity contribution in [2.45, 2.75) is 59.3 Å². The van der Waals surface area contributed by atoms with Crippen molar-refractivity contribution >= 4 is 6.08 Å². The van der Waals surface area contributed by atoms with Crippen molar-refractivity contribution in [1.82, 2.24) is 0 Å². The fraction of sp³-hybridized carbons (Fsp3) is 0.417. The third kappa shape index (κ3) is 2.73. The monoisotopic (exact) mass is 316 g/mol. The lowest BCUT2D eigenvalue weighted by molar-refractivity contribution is 0.127. The number of allylic oxidation sites excluding steroid dienone is 1. The molecule has 0 heteroatoms. The molecule has 1 saturated carbocycles. The van der Waals surface area contributed by atoms with Crippen molar-refractivity contribution < 1.29 is 0 Å². The fourth-order valence-corrected chi connectivity index (χ4v) is 4.75. The number of benzene rings is 2. The molecule has 2 aliphatic rings. The van der Waals surface area contributed by atoms with Gasteiger partial charge >= 0.3 is 0 Å². The van der Waals surface area contributed by atoms with Crippen LogP contribution in [0, 0.1) is 19.3 Å². The zero-order chi connectivity index (χ0) is 16.7. The standard InChI is InChI=1S/C24H28/c1-4-24(9-6-10-24)16-19-14-20-7-5-8-22(23(20)15-19)21-12-17(2)11-18(3)13-21/h5,7-8,11-13,15H,4,6,9-10,14,16H2,1-3H3.